The largest absolute Gasteiger partial charge is 0.466 e. The van der Waals surface area contributed by atoms with Crippen molar-refractivity contribution in [3.05, 3.63) is 0 Å². The lowest BCUT2D eigenvalue weighted by atomic mass is 10.1. The fraction of sp³-hybridized carbons (Fsp3) is 1.00. The van der Waals surface area contributed by atoms with Gasteiger partial charge in [-0.2, -0.15) is 0 Å². The molecule has 0 aromatic rings. The molecule has 14 N–H and O–H groups in total. The number of aliphatic hydroxyl groups excluding tert-OH is 3. The van der Waals surface area contributed by atoms with Crippen LogP contribution < -0.4 is 5.73 Å². The minimum absolute atomic E-state index is 0.403. The van der Waals surface area contributed by atoms with E-state index in [1.807, 2.05) is 0 Å². The first kappa shape index (κ1) is 31.0. The first-order chi connectivity index (χ1) is 9.68. The topological polar surface area (TPSA) is 320 Å². The number of nitrogens with two attached hydrogens (primary N) is 1. The Labute approximate surface area is 128 Å². The van der Waals surface area contributed by atoms with E-state index < -0.39 is 48.8 Å². The van der Waals surface area contributed by atoms with Gasteiger partial charge in [0, 0.05) is 0 Å². The van der Waals surface area contributed by atoms with Crippen LogP contribution in [0.3, 0.4) is 0 Å². The minimum Gasteiger partial charge on any atom is -0.394 e. The lowest BCUT2D eigenvalue weighted by Gasteiger charge is -2.20. The molecule has 0 fully saturated rings. The summed E-state index contributed by atoms with van der Waals surface area (Å²) in [6.45, 7) is -1.21. The molecule has 146 valence electrons. The van der Waals surface area contributed by atoms with Gasteiger partial charge in [-0.05, 0) is 0 Å². The highest BCUT2D eigenvalue weighted by Crippen LogP contribution is 2.26. The molecule has 0 aliphatic rings. The molecule has 0 aromatic carbocycles. The average molecular weight is 415 g/mol. The van der Waals surface area contributed by atoms with Crippen LogP contribution in [-0.2, 0) is 13.7 Å². The molecule has 0 spiro atoms. The number of phosphoric acid groups is 3. The van der Waals surface area contributed by atoms with E-state index in [-0.39, 0.29) is 0 Å². The number of hydrogen-bond acceptors (Lipinski definition) is 7. The van der Waals surface area contributed by atoms with Crippen molar-refractivity contribution in [1.29, 1.82) is 0 Å². The summed E-state index contributed by atoms with van der Waals surface area (Å²) in [5.74, 6) is 0. The quantitative estimate of drug-likeness (QED) is 0.192. The first-order valence-electron chi connectivity index (χ1n) is 4.65. The van der Waals surface area contributed by atoms with Gasteiger partial charge in [0.05, 0.1) is 25.4 Å². The van der Waals surface area contributed by atoms with Gasteiger partial charge in [0.15, 0.2) is 0 Å². The summed E-state index contributed by atoms with van der Waals surface area (Å²) in [5, 5.41) is 25.0. The molecule has 0 aliphatic carbocycles. The zero-order valence-electron chi connectivity index (χ0n) is 11.1. The lowest BCUT2D eigenvalue weighted by Crippen LogP contribution is -2.50. The van der Waals surface area contributed by atoms with E-state index in [1.165, 1.54) is 0 Å². The van der Waals surface area contributed by atoms with Gasteiger partial charge in [-0.1, -0.05) is 0 Å². The Kier molecular flexibility index (Phi) is 18.1. The van der Waals surface area contributed by atoms with Crippen molar-refractivity contribution in [3.63, 3.8) is 0 Å². The maximum atomic E-state index is 8.88. The third kappa shape index (κ3) is 107. The van der Waals surface area contributed by atoms with Crippen molar-refractivity contribution in [2.45, 2.75) is 5.54 Å². The van der Waals surface area contributed by atoms with Crippen LogP contribution in [0.4, 0.5) is 0 Å². The molecule has 16 nitrogen and oxygen atoms in total. The fourth-order valence-corrected chi connectivity index (χ4v) is 0.150. The zero-order chi connectivity index (χ0) is 20.1. The van der Waals surface area contributed by atoms with Crippen LogP contribution in [0.1, 0.15) is 0 Å². The van der Waals surface area contributed by atoms with E-state index in [9.17, 15) is 0 Å². The summed E-state index contributed by atoms with van der Waals surface area (Å²) < 4.78 is 26.6. The summed E-state index contributed by atoms with van der Waals surface area (Å²) >= 11 is 0. The molecule has 0 aliphatic heterocycles. The molecule has 0 amide bonds. The van der Waals surface area contributed by atoms with E-state index >= 15 is 0 Å². The van der Waals surface area contributed by atoms with Crippen LogP contribution >= 0.6 is 23.5 Å². The number of aliphatic hydroxyl groups is 3. The van der Waals surface area contributed by atoms with Crippen LogP contribution in [0.25, 0.3) is 0 Å². The fourth-order valence-electron chi connectivity index (χ4n) is 0.150. The van der Waals surface area contributed by atoms with Crippen LogP contribution in [0.2, 0.25) is 0 Å². The molecule has 23 heavy (non-hydrogen) atoms. The Hall–Kier alpha value is 0.170. The Balaban J connectivity index is -0.000000108. The van der Waals surface area contributed by atoms with E-state index in [1.54, 1.807) is 0 Å². The highest BCUT2D eigenvalue weighted by Gasteiger charge is 2.20. The zero-order valence-corrected chi connectivity index (χ0v) is 13.8. The standard InChI is InChI=1S/C4H11NO3.3H3O4P/c5-4(1-6,2-7)3-8;3*1-5(2,3)4/h6-8H,1-3,5H2;3*(H3,1,2,3,4). The monoisotopic (exact) mass is 415 g/mol. The first-order valence-corrected chi connectivity index (χ1v) is 9.34. The van der Waals surface area contributed by atoms with E-state index in [0.29, 0.717) is 0 Å². The second-order valence-corrected chi connectivity index (χ2v) is 6.46. The molecule has 0 radical (unpaired) electrons. The molecule has 19 heteroatoms. The van der Waals surface area contributed by atoms with E-state index in [0.717, 1.165) is 0 Å². The maximum Gasteiger partial charge on any atom is 0.466 e. The van der Waals surface area contributed by atoms with Gasteiger partial charge in [-0.15, -0.1) is 0 Å². The summed E-state index contributed by atoms with van der Waals surface area (Å²) in [7, 11) is -13.9. The van der Waals surface area contributed by atoms with Gasteiger partial charge in [-0.3, -0.25) is 0 Å². The molecule has 0 aromatic heterocycles. The summed E-state index contributed by atoms with van der Waals surface area (Å²) in [4.78, 5) is 64.7. The smallest absolute Gasteiger partial charge is 0.394 e. The molecule has 0 atom stereocenters. The van der Waals surface area contributed by atoms with Crippen LogP contribution in [0.5, 0.6) is 0 Å². The summed E-state index contributed by atoms with van der Waals surface area (Å²) in [5.41, 5.74) is 3.94. The van der Waals surface area contributed by atoms with E-state index in [2.05, 4.69) is 0 Å². The molecule has 0 saturated carbocycles. The van der Waals surface area contributed by atoms with Crippen LogP contribution in [0, 0.1) is 0 Å². The van der Waals surface area contributed by atoms with Crippen LogP contribution in [0.15, 0.2) is 0 Å². The van der Waals surface area contributed by atoms with Crippen LogP contribution in [-0.4, -0.2) is 84.7 Å². The van der Waals surface area contributed by atoms with Gasteiger partial charge in [0.1, 0.15) is 0 Å². The highest BCUT2D eigenvalue weighted by atomic mass is 31.2. The van der Waals surface area contributed by atoms with E-state index in [4.69, 9.17) is 78.8 Å². The Morgan fingerprint density at radius 2 is 0.652 bits per heavy atom. The van der Waals surface area contributed by atoms with Gasteiger partial charge in [0.25, 0.3) is 0 Å². The Bertz CT molecular complexity index is 322. The predicted octanol–water partition coefficient (Wildman–Crippen LogP) is -5.12. The average Bonchev–Trinajstić information content (AvgIpc) is 2.21. The summed E-state index contributed by atoms with van der Waals surface area (Å²) in [6, 6.07) is 0. The minimum atomic E-state index is -4.64. The van der Waals surface area contributed by atoms with Crippen molar-refractivity contribution in [2.24, 2.45) is 5.73 Å². The lowest BCUT2D eigenvalue weighted by molar-refractivity contribution is 0.0697. The van der Waals surface area contributed by atoms with Gasteiger partial charge < -0.3 is 65.1 Å². The molecule has 0 bridgehead atoms. The normalized spacial score (nSPS) is 11.9. The molecular weight excluding hydrogens is 395 g/mol. The summed E-state index contributed by atoms with van der Waals surface area (Å²) in [6.07, 6.45) is 0. The van der Waals surface area contributed by atoms with Gasteiger partial charge in [0.2, 0.25) is 0 Å². The van der Waals surface area contributed by atoms with Crippen molar-refractivity contribution in [3.8, 4) is 0 Å². The predicted molar refractivity (Wildman–Crippen MR) is 71.0 cm³/mol. The third-order valence-electron chi connectivity index (χ3n) is 0.945. The molecule has 0 rings (SSSR count). The molecule has 0 unspecified atom stereocenters. The highest BCUT2D eigenvalue weighted by molar-refractivity contribution is 7.45. The number of hydrogen-bond donors (Lipinski definition) is 13. The Morgan fingerprint density at radius 1 is 0.565 bits per heavy atom. The van der Waals surface area contributed by atoms with Crippen molar-refractivity contribution in [2.75, 3.05) is 19.8 Å². The van der Waals surface area contributed by atoms with Crippen molar-refractivity contribution >= 4 is 23.5 Å². The Morgan fingerprint density at radius 3 is 0.652 bits per heavy atom. The van der Waals surface area contributed by atoms with Gasteiger partial charge >= 0.3 is 23.5 Å². The van der Waals surface area contributed by atoms with Crippen molar-refractivity contribution in [1.82, 2.24) is 0 Å². The molecule has 0 saturated heterocycles. The maximum absolute atomic E-state index is 8.88. The van der Waals surface area contributed by atoms with Crippen molar-refractivity contribution < 1.29 is 73.1 Å². The van der Waals surface area contributed by atoms with Gasteiger partial charge in [-0.25, -0.2) is 13.7 Å². The second-order valence-electron chi connectivity index (χ2n) is 3.38. The molecular formula is C4H20NO15P3. The molecule has 0 heterocycles. The SMILES string of the molecule is NC(CO)(CO)CO.O=P(O)(O)O.O=P(O)(O)O.O=P(O)(O)O. The number of rotatable bonds is 3. The second kappa shape index (κ2) is 13.5. The third-order valence-corrected chi connectivity index (χ3v) is 0.945.